The third kappa shape index (κ3) is 3.31. The van der Waals surface area contributed by atoms with Gasteiger partial charge >= 0.3 is 6.03 Å². The number of nitro benzene ring substituents is 1. The number of carbonyl (C=O) groups excluding carboxylic acids is 2. The van der Waals surface area contributed by atoms with Crippen LogP contribution < -0.4 is 5.32 Å². The molecule has 0 radical (unpaired) electrons. The number of nitrogens with zero attached hydrogens (tertiary/aromatic N) is 3. The van der Waals surface area contributed by atoms with E-state index in [1.54, 1.807) is 7.05 Å². The number of benzene rings is 2. The monoisotopic (exact) mass is 374 g/mol. The van der Waals surface area contributed by atoms with Gasteiger partial charge in [-0.25, -0.2) is 4.79 Å². The SMILES string of the molecule is CN1C(=O)CN(C(=O)Nc2ccc([N+](=O)[O-])cc2Cl)C1c1ccccc1. The molecule has 1 N–H and O–H groups in total. The molecule has 1 heterocycles. The van der Waals surface area contributed by atoms with E-state index < -0.39 is 17.1 Å². The van der Waals surface area contributed by atoms with Gasteiger partial charge in [0, 0.05) is 19.2 Å². The van der Waals surface area contributed by atoms with E-state index in [2.05, 4.69) is 5.32 Å². The average molecular weight is 375 g/mol. The molecule has 26 heavy (non-hydrogen) atoms. The number of amides is 3. The zero-order chi connectivity index (χ0) is 18.8. The molecule has 8 nitrogen and oxygen atoms in total. The second kappa shape index (κ2) is 7.01. The summed E-state index contributed by atoms with van der Waals surface area (Å²) in [5, 5.41) is 13.4. The number of halogens is 1. The summed E-state index contributed by atoms with van der Waals surface area (Å²) in [6, 6.07) is 12.4. The van der Waals surface area contributed by atoms with Gasteiger partial charge in [-0.3, -0.25) is 19.8 Å². The number of nitro groups is 1. The first-order chi connectivity index (χ1) is 12.4. The van der Waals surface area contributed by atoms with Gasteiger partial charge in [-0.1, -0.05) is 41.9 Å². The second-order valence-corrected chi connectivity index (χ2v) is 6.18. The summed E-state index contributed by atoms with van der Waals surface area (Å²) in [6.07, 6.45) is -0.541. The standard InChI is InChI=1S/C17H15ClN4O4/c1-20-15(23)10-21(16(20)11-5-3-2-4-6-11)17(24)19-14-8-7-12(22(25)26)9-13(14)18/h2-9,16H,10H2,1H3,(H,19,24). The summed E-state index contributed by atoms with van der Waals surface area (Å²) in [4.78, 5) is 37.9. The summed E-state index contributed by atoms with van der Waals surface area (Å²) in [6.45, 7) is -0.0769. The molecule has 1 aliphatic rings. The van der Waals surface area contributed by atoms with E-state index in [-0.39, 0.29) is 28.8 Å². The number of non-ortho nitro benzene ring substituents is 1. The van der Waals surface area contributed by atoms with E-state index in [9.17, 15) is 19.7 Å². The van der Waals surface area contributed by atoms with Crippen molar-refractivity contribution >= 4 is 34.9 Å². The molecule has 2 aromatic rings. The van der Waals surface area contributed by atoms with Gasteiger partial charge in [-0.05, 0) is 11.6 Å². The third-order valence-corrected chi connectivity index (χ3v) is 4.44. The Kier molecular flexibility index (Phi) is 4.77. The summed E-state index contributed by atoms with van der Waals surface area (Å²) < 4.78 is 0. The van der Waals surface area contributed by atoms with E-state index >= 15 is 0 Å². The van der Waals surface area contributed by atoms with E-state index in [0.29, 0.717) is 0 Å². The minimum absolute atomic E-state index is 0.0442. The Morgan fingerprint density at radius 2 is 1.96 bits per heavy atom. The highest BCUT2D eigenvalue weighted by molar-refractivity contribution is 6.33. The number of likely N-dealkylation sites (N-methyl/N-ethyl adjacent to an activating group) is 1. The number of nitrogens with one attached hydrogen (secondary N) is 1. The van der Waals surface area contributed by atoms with Crippen molar-refractivity contribution < 1.29 is 14.5 Å². The number of carbonyl (C=O) groups is 2. The maximum absolute atomic E-state index is 12.7. The molecular formula is C17H15ClN4O4. The summed E-state index contributed by atoms with van der Waals surface area (Å²) in [7, 11) is 1.63. The van der Waals surface area contributed by atoms with Crippen LogP contribution in [0.4, 0.5) is 16.2 Å². The fourth-order valence-corrected chi connectivity index (χ4v) is 3.03. The van der Waals surface area contributed by atoms with Crippen LogP contribution >= 0.6 is 11.6 Å². The number of rotatable bonds is 3. The van der Waals surface area contributed by atoms with Crippen LogP contribution in [-0.4, -0.2) is 40.3 Å². The maximum atomic E-state index is 12.7. The first-order valence-electron chi connectivity index (χ1n) is 7.70. The van der Waals surface area contributed by atoms with Crippen molar-refractivity contribution in [3.8, 4) is 0 Å². The molecule has 0 spiro atoms. The molecule has 0 bridgehead atoms. The largest absolute Gasteiger partial charge is 0.324 e. The van der Waals surface area contributed by atoms with Crippen molar-refractivity contribution in [1.29, 1.82) is 0 Å². The van der Waals surface area contributed by atoms with E-state index in [1.807, 2.05) is 30.3 Å². The van der Waals surface area contributed by atoms with Gasteiger partial charge in [0.25, 0.3) is 5.69 Å². The van der Waals surface area contributed by atoms with E-state index in [0.717, 1.165) is 11.6 Å². The second-order valence-electron chi connectivity index (χ2n) is 5.77. The Morgan fingerprint density at radius 1 is 1.27 bits per heavy atom. The fraction of sp³-hybridized carbons (Fsp3) is 0.176. The average Bonchev–Trinajstić information content (AvgIpc) is 2.92. The lowest BCUT2D eigenvalue weighted by Gasteiger charge is -2.28. The summed E-state index contributed by atoms with van der Waals surface area (Å²) >= 11 is 6.02. The van der Waals surface area contributed by atoms with E-state index in [1.165, 1.54) is 21.9 Å². The summed E-state index contributed by atoms with van der Waals surface area (Å²) in [5.74, 6) is -0.191. The van der Waals surface area contributed by atoms with Crippen LogP contribution in [0, 0.1) is 10.1 Å². The highest BCUT2D eigenvalue weighted by atomic mass is 35.5. The van der Waals surface area contributed by atoms with Gasteiger partial charge in [0.15, 0.2) is 0 Å². The molecule has 1 aliphatic heterocycles. The predicted molar refractivity (Wildman–Crippen MR) is 95.8 cm³/mol. The third-order valence-electron chi connectivity index (χ3n) is 4.12. The van der Waals surface area contributed by atoms with Crippen LogP contribution in [-0.2, 0) is 4.79 Å². The minimum atomic E-state index is -0.572. The number of hydrogen-bond acceptors (Lipinski definition) is 4. The number of hydrogen-bond donors (Lipinski definition) is 1. The first-order valence-corrected chi connectivity index (χ1v) is 8.08. The molecule has 3 amide bonds. The predicted octanol–water partition coefficient (Wildman–Crippen LogP) is 3.25. The Bertz CT molecular complexity index is 874. The molecule has 3 rings (SSSR count). The van der Waals surface area contributed by atoms with Gasteiger partial charge in [0.2, 0.25) is 5.91 Å². The van der Waals surface area contributed by atoms with Crippen molar-refractivity contribution in [3.63, 3.8) is 0 Å². The highest BCUT2D eigenvalue weighted by Gasteiger charge is 2.39. The number of anilines is 1. The van der Waals surface area contributed by atoms with Gasteiger partial charge in [0.1, 0.15) is 12.7 Å². The molecule has 1 unspecified atom stereocenters. The van der Waals surface area contributed by atoms with Crippen LogP contribution in [0.5, 0.6) is 0 Å². The molecular weight excluding hydrogens is 360 g/mol. The topological polar surface area (TPSA) is 95.8 Å². The molecule has 2 aromatic carbocycles. The number of urea groups is 1. The highest BCUT2D eigenvalue weighted by Crippen LogP contribution is 2.31. The lowest BCUT2D eigenvalue weighted by molar-refractivity contribution is -0.384. The zero-order valence-corrected chi connectivity index (χ0v) is 14.5. The molecule has 9 heteroatoms. The van der Waals surface area contributed by atoms with Crippen LogP contribution in [0.1, 0.15) is 11.7 Å². The van der Waals surface area contributed by atoms with Crippen molar-refractivity contribution in [2.24, 2.45) is 0 Å². The fourth-order valence-electron chi connectivity index (χ4n) is 2.81. The maximum Gasteiger partial charge on any atom is 0.324 e. The van der Waals surface area contributed by atoms with Crippen molar-refractivity contribution in [1.82, 2.24) is 9.80 Å². The quantitative estimate of drug-likeness (QED) is 0.658. The van der Waals surface area contributed by atoms with Gasteiger partial charge < -0.3 is 10.2 Å². The van der Waals surface area contributed by atoms with Crippen LogP contribution in [0.25, 0.3) is 0 Å². The van der Waals surface area contributed by atoms with Crippen LogP contribution in [0.15, 0.2) is 48.5 Å². The Balaban J connectivity index is 1.84. The van der Waals surface area contributed by atoms with Gasteiger partial charge in [-0.2, -0.15) is 0 Å². The van der Waals surface area contributed by atoms with Gasteiger partial charge in [-0.15, -0.1) is 0 Å². The molecule has 0 aromatic heterocycles. The van der Waals surface area contributed by atoms with Crippen LogP contribution in [0.2, 0.25) is 5.02 Å². The molecule has 1 fully saturated rings. The Morgan fingerprint density at radius 3 is 2.58 bits per heavy atom. The normalized spacial score (nSPS) is 16.7. The van der Waals surface area contributed by atoms with Crippen LogP contribution in [0.3, 0.4) is 0 Å². The van der Waals surface area contributed by atoms with Crippen molar-refractivity contribution in [2.75, 3.05) is 18.9 Å². The first kappa shape index (κ1) is 17.7. The smallest absolute Gasteiger partial charge is 0.319 e. The molecule has 0 aliphatic carbocycles. The van der Waals surface area contributed by atoms with E-state index in [4.69, 9.17) is 11.6 Å². The lowest BCUT2D eigenvalue weighted by atomic mass is 10.1. The zero-order valence-electron chi connectivity index (χ0n) is 13.8. The Hall–Kier alpha value is -3.13. The van der Waals surface area contributed by atoms with Gasteiger partial charge in [0.05, 0.1) is 15.6 Å². The molecule has 1 saturated heterocycles. The van der Waals surface area contributed by atoms with Crippen molar-refractivity contribution in [3.05, 3.63) is 69.2 Å². The molecule has 1 atom stereocenters. The molecule has 0 saturated carbocycles. The molecule has 134 valence electrons. The Labute approximate surface area is 154 Å². The minimum Gasteiger partial charge on any atom is -0.319 e. The summed E-state index contributed by atoms with van der Waals surface area (Å²) in [5.41, 5.74) is 0.855. The van der Waals surface area contributed by atoms with Crippen molar-refractivity contribution in [2.45, 2.75) is 6.17 Å². The lowest BCUT2D eigenvalue weighted by Crippen LogP contribution is -2.37.